The van der Waals surface area contributed by atoms with Crippen molar-refractivity contribution in [3.05, 3.63) is 0 Å². The van der Waals surface area contributed by atoms with Crippen molar-refractivity contribution >= 4 is 0 Å². The Hall–Kier alpha value is -0.640. The maximum Gasteiger partial charge on any atom is 0.187 e. The van der Waals surface area contributed by atoms with E-state index in [9.17, 15) is 40.9 Å². The van der Waals surface area contributed by atoms with Crippen molar-refractivity contribution < 1.29 is 78.7 Å². The molecule has 344 valence electrons. The molecular formula is C44H72O16. The van der Waals surface area contributed by atoms with E-state index < -0.39 is 98.4 Å². The molecule has 0 aromatic carbocycles. The van der Waals surface area contributed by atoms with Gasteiger partial charge in [-0.1, -0.05) is 27.7 Å². The summed E-state index contributed by atoms with van der Waals surface area (Å²) in [6.45, 7) is 11.0. The quantitative estimate of drug-likeness (QED) is 0.166. The third-order valence-corrected chi connectivity index (χ3v) is 17.9. The lowest BCUT2D eigenvalue weighted by atomic mass is 9.44. The molecule has 5 heterocycles. The maximum absolute atomic E-state index is 11.9. The van der Waals surface area contributed by atoms with E-state index in [0.717, 1.165) is 58.0 Å². The summed E-state index contributed by atoms with van der Waals surface area (Å²) < 4.78 is 49.9. The van der Waals surface area contributed by atoms with Crippen LogP contribution < -0.4 is 0 Å². The van der Waals surface area contributed by atoms with Crippen LogP contribution in [0.4, 0.5) is 0 Å². The first-order valence-electron chi connectivity index (χ1n) is 23.1. The van der Waals surface area contributed by atoms with E-state index in [2.05, 4.69) is 27.7 Å². The van der Waals surface area contributed by atoms with Gasteiger partial charge in [-0.2, -0.15) is 0 Å². The Morgan fingerprint density at radius 3 is 2.10 bits per heavy atom. The van der Waals surface area contributed by atoms with Crippen molar-refractivity contribution in [3.63, 3.8) is 0 Å². The first kappa shape index (κ1) is 44.6. The highest BCUT2D eigenvalue weighted by atomic mass is 16.8. The van der Waals surface area contributed by atoms with Crippen LogP contribution in [0.2, 0.25) is 0 Å². The van der Waals surface area contributed by atoms with Gasteiger partial charge in [0.2, 0.25) is 0 Å². The third-order valence-electron chi connectivity index (χ3n) is 17.9. The topological polar surface area (TPSA) is 236 Å². The van der Waals surface area contributed by atoms with E-state index in [4.69, 9.17) is 37.9 Å². The highest BCUT2D eigenvalue weighted by Gasteiger charge is 2.69. The summed E-state index contributed by atoms with van der Waals surface area (Å²) in [6.07, 6.45) is -9.85. The molecule has 5 saturated heterocycles. The molecule has 26 atom stereocenters. The van der Waals surface area contributed by atoms with Crippen LogP contribution in [0, 0.1) is 52.3 Å². The van der Waals surface area contributed by atoms with Crippen molar-refractivity contribution in [3.8, 4) is 0 Å². The molecule has 9 aliphatic rings. The van der Waals surface area contributed by atoms with Crippen molar-refractivity contribution in [2.24, 2.45) is 52.3 Å². The molecule has 60 heavy (non-hydrogen) atoms. The van der Waals surface area contributed by atoms with E-state index in [0.29, 0.717) is 41.4 Å². The molecule has 16 nitrogen and oxygen atoms in total. The fraction of sp³-hybridized carbons (Fsp3) is 1.00. The van der Waals surface area contributed by atoms with E-state index in [-0.39, 0.29) is 29.6 Å². The summed E-state index contributed by atoms with van der Waals surface area (Å²) in [5, 5.41) is 85.2. The van der Waals surface area contributed by atoms with E-state index in [1.165, 1.54) is 19.8 Å². The zero-order valence-electron chi connectivity index (χ0n) is 35.8. The Bertz CT molecular complexity index is 1500. The largest absolute Gasteiger partial charge is 0.394 e. The fourth-order valence-corrected chi connectivity index (χ4v) is 14.3. The van der Waals surface area contributed by atoms with Crippen LogP contribution in [0.15, 0.2) is 0 Å². The van der Waals surface area contributed by atoms with Gasteiger partial charge in [0.1, 0.15) is 61.0 Å². The van der Waals surface area contributed by atoms with Crippen LogP contribution in [0.3, 0.4) is 0 Å². The molecule has 8 N–H and O–H groups in total. The number of rotatable bonds is 7. The van der Waals surface area contributed by atoms with Crippen molar-refractivity contribution in [2.75, 3.05) is 19.8 Å². The lowest BCUT2D eigenvalue weighted by Crippen LogP contribution is -2.66. The molecular weight excluding hydrogens is 784 g/mol. The lowest BCUT2D eigenvalue weighted by molar-refractivity contribution is -0.386. The molecule has 4 saturated carbocycles. The number of ether oxygens (including phenoxy) is 8. The molecule has 16 heteroatoms. The van der Waals surface area contributed by atoms with Crippen LogP contribution in [0.5, 0.6) is 0 Å². The molecule has 0 aromatic rings. The zero-order valence-corrected chi connectivity index (χ0v) is 35.8. The van der Waals surface area contributed by atoms with E-state index in [1.807, 2.05) is 0 Å². The summed E-state index contributed by atoms with van der Waals surface area (Å²) >= 11 is 0. The summed E-state index contributed by atoms with van der Waals surface area (Å²) in [4.78, 5) is 0. The van der Waals surface area contributed by atoms with Gasteiger partial charge in [0.15, 0.2) is 24.7 Å². The van der Waals surface area contributed by atoms with Gasteiger partial charge in [0, 0.05) is 12.3 Å². The summed E-state index contributed by atoms with van der Waals surface area (Å²) in [7, 11) is 0. The Kier molecular flexibility index (Phi) is 12.4. The maximum atomic E-state index is 11.9. The highest BCUT2D eigenvalue weighted by molar-refractivity contribution is 5.15. The standard InChI is InChI=1S/C44H72O16/c1-19-8-13-44(54-17-19)20(2)30-28(60-44)15-26-24-7-6-22-14-23(9-11-42(22,4)25(24)10-12-43(26,30)5)56-41-38(59-40-35(51)33(49)31(47)21(3)55-40)36(52)37(29(16-45)57-41)58-39-34(50)32(48)27(46)18-53-39/h19-41,45-52H,6-18H2,1-5H3. The van der Waals surface area contributed by atoms with Gasteiger partial charge in [-0.3, -0.25) is 0 Å². The molecule has 9 fully saturated rings. The Morgan fingerprint density at radius 1 is 0.633 bits per heavy atom. The fourth-order valence-electron chi connectivity index (χ4n) is 14.3. The van der Waals surface area contributed by atoms with Crippen LogP contribution >= 0.6 is 0 Å². The van der Waals surface area contributed by atoms with Crippen molar-refractivity contribution in [1.82, 2.24) is 0 Å². The molecule has 9 rings (SSSR count). The average Bonchev–Trinajstić information content (AvgIpc) is 3.68. The normalized spacial score (nSPS) is 59.2. The van der Waals surface area contributed by atoms with Gasteiger partial charge in [-0.15, -0.1) is 0 Å². The minimum Gasteiger partial charge on any atom is -0.394 e. The Morgan fingerprint density at radius 2 is 1.37 bits per heavy atom. The Balaban J connectivity index is 0.894. The molecule has 4 aliphatic carbocycles. The minimum absolute atomic E-state index is 0.125. The SMILES string of the molecule is CC1CCC2(OC1)OC1CC3C4CCC5CC(OC6OC(CO)C(OC7OCC(O)C(O)C7O)C(O)C6OC6OC(C)C(O)C(O)C6O)CCC5(C)C4CCC3(C)C1C2C. The predicted octanol–water partition coefficient (Wildman–Crippen LogP) is 0.933. The van der Waals surface area contributed by atoms with Crippen LogP contribution in [-0.4, -0.2) is 165 Å². The lowest BCUT2D eigenvalue weighted by Gasteiger charge is -2.61. The number of aliphatic hydroxyl groups excluding tert-OH is 8. The third kappa shape index (κ3) is 7.27. The number of hydrogen-bond donors (Lipinski definition) is 8. The average molecular weight is 857 g/mol. The summed E-state index contributed by atoms with van der Waals surface area (Å²) in [5.74, 6) is 3.29. The summed E-state index contributed by atoms with van der Waals surface area (Å²) in [6, 6.07) is 0. The molecule has 0 aromatic heterocycles. The smallest absolute Gasteiger partial charge is 0.187 e. The van der Waals surface area contributed by atoms with Gasteiger partial charge in [0.25, 0.3) is 0 Å². The second-order valence-corrected chi connectivity index (χ2v) is 21.1. The van der Waals surface area contributed by atoms with E-state index in [1.54, 1.807) is 0 Å². The monoisotopic (exact) mass is 856 g/mol. The molecule has 5 aliphatic heterocycles. The molecule has 0 amide bonds. The number of aliphatic hydroxyl groups is 8. The zero-order chi connectivity index (χ0) is 42.6. The van der Waals surface area contributed by atoms with Crippen molar-refractivity contribution in [2.45, 2.75) is 203 Å². The van der Waals surface area contributed by atoms with Crippen LogP contribution in [-0.2, 0) is 37.9 Å². The molecule has 1 spiro atoms. The Labute approximate surface area is 353 Å². The first-order chi connectivity index (χ1) is 28.5. The predicted molar refractivity (Wildman–Crippen MR) is 208 cm³/mol. The molecule has 0 radical (unpaired) electrons. The van der Waals surface area contributed by atoms with Gasteiger partial charge >= 0.3 is 0 Å². The van der Waals surface area contributed by atoms with Gasteiger partial charge < -0.3 is 78.7 Å². The molecule has 0 bridgehead atoms. The van der Waals surface area contributed by atoms with Gasteiger partial charge in [-0.05, 0) is 111 Å². The second-order valence-electron chi connectivity index (χ2n) is 21.1. The number of hydrogen-bond acceptors (Lipinski definition) is 16. The summed E-state index contributed by atoms with van der Waals surface area (Å²) in [5.41, 5.74) is 0.354. The minimum atomic E-state index is -1.69. The van der Waals surface area contributed by atoms with E-state index >= 15 is 0 Å². The highest BCUT2D eigenvalue weighted by Crippen LogP contribution is 2.71. The van der Waals surface area contributed by atoms with Crippen LogP contribution in [0.25, 0.3) is 0 Å². The number of fused-ring (bicyclic) bond motifs is 7. The van der Waals surface area contributed by atoms with Gasteiger partial charge in [0.05, 0.1) is 38.1 Å². The molecule has 26 unspecified atom stereocenters. The van der Waals surface area contributed by atoms with Crippen molar-refractivity contribution in [1.29, 1.82) is 0 Å². The first-order valence-corrected chi connectivity index (χ1v) is 23.1. The van der Waals surface area contributed by atoms with Crippen LogP contribution in [0.1, 0.15) is 98.8 Å². The second kappa shape index (κ2) is 16.7. The van der Waals surface area contributed by atoms with Gasteiger partial charge in [-0.25, -0.2) is 0 Å².